The van der Waals surface area contributed by atoms with Gasteiger partial charge in [-0.3, -0.25) is 10.7 Å². The van der Waals surface area contributed by atoms with E-state index in [-0.39, 0.29) is 0 Å². The first-order valence-electron chi connectivity index (χ1n) is 5.40. The van der Waals surface area contributed by atoms with E-state index in [1.807, 2.05) is 5.48 Å². The lowest BCUT2D eigenvalue weighted by Gasteiger charge is -2.04. The number of ether oxygens (including phenoxy) is 1. The number of nitrogens with one attached hydrogen (secondary N) is 1. The van der Waals surface area contributed by atoms with Crippen molar-refractivity contribution in [3.8, 4) is 5.88 Å². The minimum absolute atomic E-state index is 0.570. The zero-order chi connectivity index (χ0) is 12.6. The molecule has 0 atom stereocenters. The lowest BCUT2D eigenvalue weighted by atomic mass is 10.3. The minimum Gasteiger partial charge on any atom is -0.477 e. The predicted octanol–water partition coefficient (Wildman–Crippen LogP) is 2.40. The molecule has 0 radical (unpaired) electrons. The average Bonchev–Trinajstić information content (AvgIpc) is 2.91. The number of aromatic nitrogens is 1. The van der Waals surface area contributed by atoms with E-state index in [1.165, 1.54) is 11.9 Å². The number of hydroxylamine groups is 1. The lowest BCUT2D eigenvalue weighted by Crippen LogP contribution is -2.02. The summed E-state index contributed by atoms with van der Waals surface area (Å²) in [6.45, 7) is 0.602. The van der Waals surface area contributed by atoms with Gasteiger partial charge >= 0.3 is 0 Å². The van der Waals surface area contributed by atoms with Gasteiger partial charge in [0.15, 0.2) is 0 Å². The topological polar surface area (TPSA) is 66.7 Å². The Morgan fingerprint density at radius 2 is 2.39 bits per heavy atom. The van der Waals surface area contributed by atoms with Crippen molar-refractivity contribution in [3.63, 3.8) is 0 Å². The van der Waals surface area contributed by atoms with Crippen LogP contribution >= 0.6 is 11.3 Å². The summed E-state index contributed by atoms with van der Waals surface area (Å²) in [6, 6.07) is 5.60. The van der Waals surface area contributed by atoms with Crippen LogP contribution in [0.15, 0.2) is 40.1 Å². The van der Waals surface area contributed by atoms with E-state index in [2.05, 4.69) is 26.8 Å². The molecule has 2 aromatic rings. The molecule has 0 aliphatic carbocycles. The number of nitrogens with zero attached hydrogens (tertiary/aromatic N) is 2. The molecule has 0 fully saturated rings. The van der Waals surface area contributed by atoms with Crippen molar-refractivity contribution in [2.75, 3.05) is 6.61 Å². The van der Waals surface area contributed by atoms with Crippen molar-refractivity contribution in [1.82, 2.24) is 10.5 Å². The zero-order valence-corrected chi connectivity index (χ0v) is 10.4. The summed E-state index contributed by atoms with van der Waals surface area (Å²) in [5.41, 5.74) is 3.74. The van der Waals surface area contributed by atoms with E-state index >= 15 is 0 Å². The summed E-state index contributed by atoms with van der Waals surface area (Å²) in [7, 11) is 0. The largest absolute Gasteiger partial charge is 0.477 e. The van der Waals surface area contributed by atoms with Crippen molar-refractivity contribution < 1.29 is 9.94 Å². The number of pyridine rings is 1. The molecule has 0 aromatic carbocycles. The molecule has 0 bridgehead atoms. The monoisotopic (exact) mass is 263 g/mol. The summed E-state index contributed by atoms with van der Waals surface area (Å²) in [4.78, 5) is 7.99. The summed E-state index contributed by atoms with van der Waals surface area (Å²) < 4.78 is 5.52. The van der Waals surface area contributed by atoms with Crippen LogP contribution < -0.4 is 10.2 Å². The van der Waals surface area contributed by atoms with E-state index in [1.54, 1.807) is 29.7 Å². The second kappa shape index (κ2) is 6.73. The molecular formula is C12H13N3O2S. The van der Waals surface area contributed by atoms with Gasteiger partial charge in [0.05, 0.1) is 18.5 Å². The Balaban J connectivity index is 1.81. The maximum Gasteiger partial charge on any atom is 0.213 e. The van der Waals surface area contributed by atoms with E-state index in [4.69, 9.17) is 9.94 Å². The van der Waals surface area contributed by atoms with Gasteiger partial charge in [-0.1, -0.05) is 0 Å². The quantitative estimate of drug-likeness (QED) is 0.477. The fourth-order valence-corrected chi connectivity index (χ4v) is 2.05. The Bertz CT molecular complexity index is 483. The number of thiophene rings is 1. The van der Waals surface area contributed by atoms with E-state index < -0.39 is 0 Å². The molecule has 0 aliphatic rings. The third-order valence-electron chi connectivity index (χ3n) is 2.21. The van der Waals surface area contributed by atoms with Gasteiger partial charge < -0.3 is 4.74 Å². The Labute approximate surface area is 109 Å². The third-order valence-corrected chi connectivity index (χ3v) is 2.94. The van der Waals surface area contributed by atoms with Crippen molar-refractivity contribution in [2.45, 2.75) is 6.42 Å². The van der Waals surface area contributed by atoms with Crippen LogP contribution in [0.3, 0.4) is 0 Å². The molecule has 2 N–H and O–H groups in total. The van der Waals surface area contributed by atoms with Crippen LogP contribution in [0.4, 0.5) is 5.69 Å². The lowest BCUT2D eigenvalue weighted by molar-refractivity contribution is 0.240. The fraction of sp³-hybridized carbons (Fsp3) is 0.167. The number of aliphatic imine (C=N–C) groups is 1. The Kier molecular flexibility index (Phi) is 4.68. The zero-order valence-electron chi connectivity index (χ0n) is 9.61. The molecule has 0 aliphatic heterocycles. The molecule has 0 spiro atoms. The molecule has 0 saturated carbocycles. The molecule has 2 heterocycles. The first-order valence-corrected chi connectivity index (χ1v) is 6.35. The molecule has 2 aromatic heterocycles. The van der Waals surface area contributed by atoms with Gasteiger partial charge in [-0.2, -0.15) is 11.3 Å². The Hall–Kier alpha value is -1.92. The Morgan fingerprint density at radius 3 is 3.06 bits per heavy atom. The molecule has 94 valence electrons. The van der Waals surface area contributed by atoms with Crippen LogP contribution in [0, 0.1) is 0 Å². The second-order valence-electron chi connectivity index (χ2n) is 3.47. The van der Waals surface area contributed by atoms with E-state index in [0.29, 0.717) is 18.2 Å². The molecule has 5 nitrogen and oxygen atoms in total. The molecule has 0 saturated heterocycles. The van der Waals surface area contributed by atoms with Crippen molar-refractivity contribution in [2.24, 2.45) is 4.99 Å². The maximum atomic E-state index is 8.35. The molecule has 6 heteroatoms. The number of hydrogen-bond donors (Lipinski definition) is 2. The van der Waals surface area contributed by atoms with Gasteiger partial charge in [0, 0.05) is 12.5 Å². The van der Waals surface area contributed by atoms with Crippen LogP contribution in [0.2, 0.25) is 0 Å². The first-order chi connectivity index (χ1) is 8.88. The predicted molar refractivity (Wildman–Crippen MR) is 70.8 cm³/mol. The number of rotatable bonds is 6. The number of hydrogen-bond acceptors (Lipinski definition) is 5. The first kappa shape index (κ1) is 12.5. The average molecular weight is 263 g/mol. The molecule has 0 unspecified atom stereocenters. The van der Waals surface area contributed by atoms with E-state index in [9.17, 15) is 0 Å². The van der Waals surface area contributed by atoms with Crippen LogP contribution in [0.1, 0.15) is 5.56 Å². The molecule has 0 amide bonds. The van der Waals surface area contributed by atoms with Crippen LogP contribution in [-0.4, -0.2) is 23.1 Å². The van der Waals surface area contributed by atoms with Gasteiger partial charge in [0.1, 0.15) is 6.34 Å². The standard InChI is InChI=1S/C12H13N3O2S/c16-15-9-14-11-1-2-12(13-7-11)17-5-3-10-4-6-18-8-10/h1-2,4,6-9,16H,3,5H2,(H,14,15). The molecule has 2 rings (SSSR count). The maximum absolute atomic E-state index is 8.35. The van der Waals surface area contributed by atoms with Gasteiger partial charge in [-0.05, 0) is 28.5 Å². The summed E-state index contributed by atoms with van der Waals surface area (Å²) in [6.07, 6.45) is 3.63. The van der Waals surface area contributed by atoms with E-state index in [0.717, 1.165) is 6.42 Å². The van der Waals surface area contributed by atoms with Gasteiger partial charge in [-0.25, -0.2) is 9.98 Å². The van der Waals surface area contributed by atoms with Gasteiger partial charge in [0.2, 0.25) is 5.88 Å². The van der Waals surface area contributed by atoms with Crippen molar-refractivity contribution >= 4 is 23.4 Å². The normalized spacial score (nSPS) is 10.7. The smallest absolute Gasteiger partial charge is 0.213 e. The highest BCUT2D eigenvalue weighted by Gasteiger charge is 1.97. The summed E-state index contributed by atoms with van der Waals surface area (Å²) in [5.74, 6) is 0.570. The second-order valence-corrected chi connectivity index (χ2v) is 4.25. The molecule has 18 heavy (non-hydrogen) atoms. The van der Waals surface area contributed by atoms with Crippen LogP contribution in [-0.2, 0) is 6.42 Å². The van der Waals surface area contributed by atoms with Crippen molar-refractivity contribution in [3.05, 3.63) is 40.7 Å². The van der Waals surface area contributed by atoms with Crippen molar-refractivity contribution in [1.29, 1.82) is 0 Å². The summed E-state index contributed by atoms with van der Waals surface area (Å²) >= 11 is 1.68. The highest BCUT2D eigenvalue weighted by atomic mass is 32.1. The van der Waals surface area contributed by atoms with Crippen LogP contribution in [0.5, 0.6) is 5.88 Å². The minimum atomic E-state index is 0.570. The highest BCUT2D eigenvalue weighted by molar-refractivity contribution is 7.07. The van der Waals surface area contributed by atoms with Crippen LogP contribution in [0.25, 0.3) is 0 Å². The van der Waals surface area contributed by atoms with Gasteiger partial charge in [0.25, 0.3) is 0 Å². The SMILES string of the molecule is ONC=Nc1ccc(OCCc2ccsc2)nc1. The Morgan fingerprint density at radius 1 is 1.44 bits per heavy atom. The molecular weight excluding hydrogens is 250 g/mol. The summed E-state index contributed by atoms with van der Waals surface area (Å²) in [5, 5.41) is 12.5. The fourth-order valence-electron chi connectivity index (χ4n) is 1.35. The highest BCUT2D eigenvalue weighted by Crippen LogP contribution is 2.14. The third kappa shape index (κ3) is 3.83. The van der Waals surface area contributed by atoms with Gasteiger partial charge in [-0.15, -0.1) is 0 Å².